The molecule has 52 valence electrons. The summed E-state index contributed by atoms with van der Waals surface area (Å²) in [6, 6.07) is 0. The summed E-state index contributed by atoms with van der Waals surface area (Å²) in [6.45, 7) is 1.55. The van der Waals surface area contributed by atoms with Gasteiger partial charge in [-0.2, -0.15) is 12.6 Å². The van der Waals surface area contributed by atoms with Crippen molar-refractivity contribution in [2.75, 3.05) is 5.75 Å². The van der Waals surface area contributed by atoms with E-state index < -0.39 is 0 Å². The van der Waals surface area contributed by atoms with Gasteiger partial charge in [-0.1, -0.05) is 6.08 Å². The minimum atomic E-state index is 0.120. The number of hydrogen-bond donors (Lipinski definition) is 1. The van der Waals surface area contributed by atoms with E-state index in [9.17, 15) is 4.79 Å². The SMILES string of the molecule is CC(=O)C=CCCCS. The lowest BCUT2D eigenvalue weighted by Crippen LogP contribution is -1.79. The molecule has 0 saturated heterocycles. The fourth-order valence-corrected chi connectivity index (χ4v) is 0.641. The van der Waals surface area contributed by atoms with E-state index >= 15 is 0 Å². The molecule has 0 N–H and O–H groups in total. The second kappa shape index (κ2) is 5.89. The Morgan fingerprint density at radius 3 is 2.78 bits per heavy atom. The van der Waals surface area contributed by atoms with E-state index in [2.05, 4.69) is 12.6 Å². The quantitative estimate of drug-likeness (QED) is 0.362. The fourth-order valence-electron chi connectivity index (χ4n) is 0.458. The number of carbonyl (C=O) groups is 1. The van der Waals surface area contributed by atoms with Crippen LogP contribution in [0.2, 0.25) is 0 Å². The molecule has 0 saturated carbocycles. The van der Waals surface area contributed by atoms with E-state index in [1.54, 1.807) is 13.0 Å². The van der Waals surface area contributed by atoms with E-state index in [1.165, 1.54) is 0 Å². The van der Waals surface area contributed by atoms with Crippen molar-refractivity contribution in [1.29, 1.82) is 0 Å². The molecule has 0 aliphatic heterocycles. The molecule has 0 aromatic heterocycles. The van der Waals surface area contributed by atoms with Crippen LogP contribution in [-0.4, -0.2) is 11.5 Å². The zero-order valence-corrected chi connectivity index (χ0v) is 6.53. The summed E-state index contributed by atoms with van der Waals surface area (Å²) >= 11 is 4.03. The van der Waals surface area contributed by atoms with Gasteiger partial charge in [-0.05, 0) is 31.6 Å². The number of thiol groups is 1. The summed E-state index contributed by atoms with van der Waals surface area (Å²) in [7, 11) is 0. The number of allylic oxidation sites excluding steroid dienone is 2. The Morgan fingerprint density at radius 2 is 2.33 bits per heavy atom. The molecule has 0 aromatic carbocycles. The highest BCUT2D eigenvalue weighted by atomic mass is 32.1. The third kappa shape index (κ3) is 7.76. The predicted octanol–water partition coefficient (Wildman–Crippen LogP) is 1.84. The van der Waals surface area contributed by atoms with Crippen LogP contribution in [0.15, 0.2) is 12.2 Å². The maximum atomic E-state index is 10.3. The summed E-state index contributed by atoms with van der Waals surface area (Å²) in [5, 5.41) is 0. The van der Waals surface area contributed by atoms with E-state index in [0.717, 1.165) is 18.6 Å². The second-order valence-electron chi connectivity index (χ2n) is 1.88. The third-order valence-electron chi connectivity index (χ3n) is 0.881. The molecule has 0 aliphatic rings. The Labute approximate surface area is 61.6 Å². The van der Waals surface area contributed by atoms with E-state index in [4.69, 9.17) is 0 Å². The van der Waals surface area contributed by atoms with Crippen molar-refractivity contribution >= 4 is 18.4 Å². The van der Waals surface area contributed by atoms with Gasteiger partial charge in [-0.25, -0.2) is 0 Å². The van der Waals surface area contributed by atoms with Crippen LogP contribution < -0.4 is 0 Å². The lowest BCUT2D eigenvalue weighted by atomic mass is 10.3. The lowest BCUT2D eigenvalue weighted by Gasteiger charge is -1.85. The fraction of sp³-hybridized carbons (Fsp3) is 0.571. The summed E-state index contributed by atoms with van der Waals surface area (Å²) in [5.74, 6) is 1.01. The highest BCUT2D eigenvalue weighted by Crippen LogP contribution is 1.92. The Balaban J connectivity index is 3.15. The first-order chi connectivity index (χ1) is 4.27. The molecule has 9 heavy (non-hydrogen) atoms. The van der Waals surface area contributed by atoms with Crippen LogP contribution in [0.4, 0.5) is 0 Å². The van der Waals surface area contributed by atoms with Crippen LogP contribution in [0, 0.1) is 0 Å². The molecule has 0 radical (unpaired) electrons. The summed E-state index contributed by atoms with van der Waals surface area (Å²) in [4.78, 5) is 10.3. The Hall–Kier alpha value is -0.240. The molecule has 0 atom stereocenters. The van der Waals surface area contributed by atoms with E-state index in [1.807, 2.05) is 6.08 Å². The first-order valence-electron chi connectivity index (χ1n) is 3.05. The molecular formula is C7H12OS. The Kier molecular flexibility index (Phi) is 5.73. The van der Waals surface area contributed by atoms with Crippen LogP contribution >= 0.6 is 12.6 Å². The number of hydrogen-bond acceptors (Lipinski definition) is 2. The van der Waals surface area contributed by atoms with Gasteiger partial charge in [0, 0.05) is 0 Å². The van der Waals surface area contributed by atoms with Gasteiger partial charge in [0.05, 0.1) is 0 Å². The zero-order valence-electron chi connectivity index (χ0n) is 5.63. The van der Waals surface area contributed by atoms with Crippen molar-refractivity contribution in [3.8, 4) is 0 Å². The second-order valence-corrected chi connectivity index (χ2v) is 2.33. The Bertz CT molecular complexity index is 107. The average Bonchev–Trinajstić information content (AvgIpc) is 1.80. The lowest BCUT2D eigenvalue weighted by molar-refractivity contribution is -0.112. The first-order valence-corrected chi connectivity index (χ1v) is 3.68. The number of ketones is 1. The molecule has 0 spiro atoms. The summed E-state index contributed by atoms with van der Waals surface area (Å²) in [6.07, 6.45) is 5.50. The molecule has 1 nitrogen and oxygen atoms in total. The molecule has 0 aromatic rings. The molecular weight excluding hydrogens is 132 g/mol. The summed E-state index contributed by atoms with van der Waals surface area (Å²) < 4.78 is 0. The monoisotopic (exact) mass is 144 g/mol. The predicted molar refractivity (Wildman–Crippen MR) is 42.9 cm³/mol. The van der Waals surface area contributed by atoms with Gasteiger partial charge in [0.25, 0.3) is 0 Å². The van der Waals surface area contributed by atoms with Gasteiger partial charge in [-0.15, -0.1) is 0 Å². The van der Waals surface area contributed by atoms with Crippen LogP contribution in [-0.2, 0) is 4.79 Å². The average molecular weight is 144 g/mol. The molecule has 0 fully saturated rings. The van der Waals surface area contributed by atoms with Gasteiger partial charge < -0.3 is 0 Å². The number of unbranched alkanes of at least 4 members (excludes halogenated alkanes) is 1. The Morgan fingerprint density at radius 1 is 1.67 bits per heavy atom. The highest BCUT2D eigenvalue weighted by Gasteiger charge is 1.80. The summed E-state index contributed by atoms with van der Waals surface area (Å²) in [5.41, 5.74) is 0. The van der Waals surface area contributed by atoms with E-state index in [0.29, 0.717) is 0 Å². The molecule has 0 amide bonds. The molecule has 0 unspecified atom stereocenters. The highest BCUT2D eigenvalue weighted by molar-refractivity contribution is 7.80. The van der Waals surface area contributed by atoms with Crippen molar-refractivity contribution < 1.29 is 4.79 Å². The topological polar surface area (TPSA) is 17.1 Å². The van der Waals surface area contributed by atoms with Crippen LogP contribution in [0.5, 0.6) is 0 Å². The number of carbonyl (C=O) groups excluding carboxylic acids is 1. The van der Waals surface area contributed by atoms with Gasteiger partial charge >= 0.3 is 0 Å². The first kappa shape index (κ1) is 8.76. The van der Waals surface area contributed by atoms with E-state index in [-0.39, 0.29) is 5.78 Å². The van der Waals surface area contributed by atoms with Gasteiger partial charge in [0.15, 0.2) is 5.78 Å². The molecule has 0 aliphatic carbocycles. The van der Waals surface area contributed by atoms with Crippen LogP contribution in [0.1, 0.15) is 19.8 Å². The van der Waals surface area contributed by atoms with Crippen molar-refractivity contribution in [3.63, 3.8) is 0 Å². The maximum absolute atomic E-state index is 10.3. The van der Waals surface area contributed by atoms with Crippen LogP contribution in [0.3, 0.4) is 0 Å². The van der Waals surface area contributed by atoms with Crippen molar-refractivity contribution in [2.24, 2.45) is 0 Å². The van der Waals surface area contributed by atoms with Gasteiger partial charge in [0.1, 0.15) is 0 Å². The van der Waals surface area contributed by atoms with Crippen molar-refractivity contribution in [3.05, 3.63) is 12.2 Å². The van der Waals surface area contributed by atoms with Crippen molar-refractivity contribution in [2.45, 2.75) is 19.8 Å². The molecule has 2 heteroatoms. The minimum absolute atomic E-state index is 0.120. The van der Waals surface area contributed by atoms with Gasteiger partial charge in [0.2, 0.25) is 0 Å². The zero-order chi connectivity index (χ0) is 7.11. The normalized spacial score (nSPS) is 10.4. The standard InChI is InChI=1S/C7H12OS/c1-7(8)5-3-2-4-6-9/h3,5,9H,2,4,6H2,1H3. The van der Waals surface area contributed by atoms with Crippen molar-refractivity contribution in [1.82, 2.24) is 0 Å². The minimum Gasteiger partial charge on any atom is -0.295 e. The van der Waals surface area contributed by atoms with Crippen LogP contribution in [0.25, 0.3) is 0 Å². The number of rotatable bonds is 4. The smallest absolute Gasteiger partial charge is 0.152 e. The maximum Gasteiger partial charge on any atom is 0.152 e. The molecule has 0 bridgehead atoms. The molecule has 0 rings (SSSR count). The third-order valence-corrected chi connectivity index (χ3v) is 1.20. The largest absolute Gasteiger partial charge is 0.295 e. The van der Waals surface area contributed by atoms with Gasteiger partial charge in [-0.3, -0.25) is 4.79 Å². The molecule has 0 heterocycles.